The van der Waals surface area contributed by atoms with E-state index in [-0.39, 0.29) is 12.2 Å². The minimum atomic E-state index is -4.45. The van der Waals surface area contributed by atoms with Gasteiger partial charge in [0.05, 0.1) is 12.7 Å². The molecule has 0 heterocycles. The number of hydrogen-bond acceptors (Lipinski definition) is 4. The van der Waals surface area contributed by atoms with E-state index in [2.05, 4.69) is 10.1 Å². The predicted molar refractivity (Wildman–Crippen MR) is 88.1 cm³/mol. The molecular formula is C18H16F3NO4. The van der Waals surface area contributed by atoms with Crippen molar-refractivity contribution in [3.8, 4) is 5.75 Å². The van der Waals surface area contributed by atoms with E-state index in [0.717, 1.165) is 24.3 Å². The number of alkyl halides is 3. The number of anilines is 1. The Hall–Kier alpha value is -3.03. The van der Waals surface area contributed by atoms with Crippen LogP contribution in [0, 0.1) is 6.92 Å². The molecular weight excluding hydrogens is 351 g/mol. The molecule has 5 nitrogen and oxygen atoms in total. The summed E-state index contributed by atoms with van der Waals surface area (Å²) in [5.74, 6) is -0.646. The highest BCUT2D eigenvalue weighted by atomic mass is 19.4. The lowest BCUT2D eigenvalue weighted by molar-refractivity contribution is -0.143. The van der Waals surface area contributed by atoms with Crippen LogP contribution in [0.15, 0.2) is 42.5 Å². The second kappa shape index (κ2) is 7.90. The maximum Gasteiger partial charge on any atom is 0.416 e. The van der Waals surface area contributed by atoms with Gasteiger partial charge >= 0.3 is 12.1 Å². The Morgan fingerprint density at radius 1 is 1.08 bits per heavy atom. The Morgan fingerprint density at radius 2 is 1.73 bits per heavy atom. The largest absolute Gasteiger partial charge is 0.482 e. The van der Waals surface area contributed by atoms with E-state index in [1.165, 1.54) is 7.11 Å². The van der Waals surface area contributed by atoms with Gasteiger partial charge in [0.1, 0.15) is 5.75 Å². The molecule has 8 heteroatoms. The molecule has 2 rings (SSSR count). The number of hydrogen-bond donors (Lipinski definition) is 1. The topological polar surface area (TPSA) is 64.6 Å². The quantitative estimate of drug-likeness (QED) is 0.816. The Labute approximate surface area is 147 Å². The van der Waals surface area contributed by atoms with E-state index in [0.29, 0.717) is 17.0 Å². The van der Waals surface area contributed by atoms with Crippen LogP contribution in [0.3, 0.4) is 0 Å². The van der Waals surface area contributed by atoms with Crippen molar-refractivity contribution >= 4 is 17.6 Å². The second-order valence-electron chi connectivity index (χ2n) is 5.37. The fourth-order valence-corrected chi connectivity index (χ4v) is 2.07. The van der Waals surface area contributed by atoms with Crippen molar-refractivity contribution in [1.29, 1.82) is 0 Å². The smallest absolute Gasteiger partial charge is 0.416 e. The summed E-state index contributed by atoms with van der Waals surface area (Å²) in [5.41, 5.74) is 0.411. The van der Waals surface area contributed by atoms with Crippen molar-refractivity contribution in [2.45, 2.75) is 13.1 Å². The monoisotopic (exact) mass is 367 g/mol. The van der Waals surface area contributed by atoms with Gasteiger partial charge in [0.25, 0.3) is 5.91 Å². The molecule has 26 heavy (non-hydrogen) atoms. The number of amides is 1. The number of methoxy groups -OCH3 is 1. The minimum Gasteiger partial charge on any atom is -0.482 e. The summed E-state index contributed by atoms with van der Waals surface area (Å²) in [6.07, 6.45) is -4.45. The van der Waals surface area contributed by atoms with E-state index in [4.69, 9.17) is 4.74 Å². The zero-order valence-electron chi connectivity index (χ0n) is 14.0. The maximum atomic E-state index is 12.6. The molecule has 1 N–H and O–H groups in total. The zero-order valence-corrected chi connectivity index (χ0v) is 14.0. The average molecular weight is 367 g/mol. The number of aryl methyl sites for hydroxylation is 1. The Balaban J connectivity index is 2.05. The van der Waals surface area contributed by atoms with Gasteiger partial charge in [-0.05, 0) is 55.0 Å². The standard InChI is InChI=1S/C18H16F3NO4/c1-11-9-14(26-10-16(23)25-2)7-8-15(11)22-17(24)12-3-5-13(6-4-12)18(19,20)21/h3-9H,10H2,1-2H3,(H,22,24). The van der Waals surface area contributed by atoms with Crippen LogP contribution in [0.1, 0.15) is 21.5 Å². The number of carbonyl (C=O) groups excluding carboxylic acids is 2. The number of halogens is 3. The van der Waals surface area contributed by atoms with Gasteiger partial charge in [0, 0.05) is 11.3 Å². The molecule has 0 saturated carbocycles. The fraction of sp³-hybridized carbons (Fsp3) is 0.222. The van der Waals surface area contributed by atoms with Gasteiger partial charge in [-0.1, -0.05) is 0 Å². The van der Waals surface area contributed by atoms with Gasteiger partial charge in [-0.15, -0.1) is 0 Å². The van der Waals surface area contributed by atoms with E-state index in [9.17, 15) is 22.8 Å². The molecule has 0 aromatic heterocycles. The molecule has 0 aliphatic carbocycles. The predicted octanol–water partition coefficient (Wildman–Crippen LogP) is 3.82. The van der Waals surface area contributed by atoms with Crippen molar-refractivity contribution < 1.29 is 32.2 Å². The van der Waals surface area contributed by atoms with Crippen molar-refractivity contribution in [3.05, 3.63) is 59.2 Å². The zero-order chi connectivity index (χ0) is 19.3. The Kier molecular flexibility index (Phi) is 5.86. The summed E-state index contributed by atoms with van der Waals surface area (Å²) in [4.78, 5) is 23.2. The first-order valence-corrected chi connectivity index (χ1v) is 7.49. The third kappa shape index (κ3) is 4.98. The van der Waals surface area contributed by atoms with Gasteiger partial charge in [0.15, 0.2) is 6.61 Å². The van der Waals surface area contributed by atoms with Crippen LogP contribution in [0.2, 0.25) is 0 Å². The number of carbonyl (C=O) groups is 2. The SMILES string of the molecule is COC(=O)COc1ccc(NC(=O)c2ccc(C(F)(F)F)cc2)c(C)c1. The third-order valence-electron chi connectivity index (χ3n) is 3.50. The second-order valence-corrected chi connectivity index (χ2v) is 5.37. The molecule has 0 bridgehead atoms. The summed E-state index contributed by atoms with van der Waals surface area (Å²) in [6.45, 7) is 1.47. The van der Waals surface area contributed by atoms with E-state index >= 15 is 0 Å². The highest BCUT2D eigenvalue weighted by molar-refractivity contribution is 6.04. The molecule has 0 fully saturated rings. The number of rotatable bonds is 5. The molecule has 0 radical (unpaired) electrons. The first kappa shape index (κ1) is 19.3. The maximum absolute atomic E-state index is 12.6. The van der Waals surface area contributed by atoms with Gasteiger partial charge < -0.3 is 14.8 Å². The van der Waals surface area contributed by atoms with Crippen LogP contribution in [0.4, 0.5) is 18.9 Å². The van der Waals surface area contributed by atoms with Crippen LogP contribution in [-0.2, 0) is 15.7 Å². The summed E-state index contributed by atoms with van der Waals surface area (Å²) in [7, 11) is 1.25. The molecule has 1 amide bonds. The first-order chi connectivity index (χ1) is 12.2. The van der Waals surface area contributed by atoms with Gasteiger partial charge in [-0.25, -0.2) is 4.79 Å². The van der Waals surface area contributed by atoms with Gasteiger partial charge in [-0.3, -0.25) is 4.79 Å². The fourth-order valence-electron chi connectivity index (χ4n) is 2.07. The number of benzene rings is 2. The van der Waals surface area contributed by atoms with Crippen LogP contribution in [-0.4, -0.2) is 25.6 Å². The minimum absolute atomic E-state index is 0.100. The molecule has 0 spiro atoms. The lowest BCUT2D eigenvalue weighted by atomic mass is 10.1. The number of esters is 1. The molecule has 0 aliphatic heterocycles. The van der Waals surface area contributed by atoms with Crippen molar-refractivity contribution in [2.75, 3.05) is 19.0 Å². The lowest BCUT2D eigenvalue weighted by Crippen LogP contribution is -2.14. The van der Waals surface area contributed by atoms with Crippen molar-refractivity contribution in [3.63, 3.8) is 0 Å². The summed E-state index contributed by atoms with van der Waals surface area (Å²) in [6, 6.07) is 8.67. The summed E-state index contributed by atoms with van der Waals surface area (Å²) >= 11 is 0. The van der Waals surface area contributed by atoms with E-state index in [1.54, 1.807) is 25.1 Å². The van der Waals surface area contributed by atoms with E-state index < -0.39 is 23.6 Å². The van der Waals surface area contributed by atoms with Gasteiger partial charge in [-0.2, -0.15) is 13.2 Å². The molecule has 138 valence electrons. The molecule has 2 aromatic rings. The number of ether oxygens (including phenoxy) is 2. The number of nitrogens with one attached hydrogen (secondary N) is 1. The normalized spacial score (nSPS) is 11.0. The van der Waals surface area contributed by atoms with Crippen LogP contribution in [0.25, 0.3) is 0 Å². The molecule has 0 aliphatic rings. The highest BCUT2D eigenvalue weighted by Crippen LogP contribution is 2.29. The molecule has 0 saturated heterocycles. The summed E-state index contributed by atoms with van der Waals surface area (Å²) in [5, 5.41) is 2.62. The molecule has 0 atom stereocenters. The highest BCUT2D eigenvalue weighted by Gasteiger charge is 2.30. The first-order valence-electron chi connectivity index (χ1n) is 7.49. The van der Waals surface area contributed by atoms with E-state index in [1.807, 2.05) is 0 Å². The summed E-state index contributed by atoms with van der Waals surface area (Å²) < 4.78 is 47.4. The van der Waals surface area contributed by atoms with Crippen LogP contribution < -0.4 is 10.1 Å². The third-order valence-corrected chi connectivity index (χ3v) is 3.50. The van der Waals surface area contributed by atoms with Gasteiger partial charge in [0.2, 0.25) is 0 Å². The Morgan fingerprint density at radius 3 is 2.27 bits per heavy atom. The lowest BCUT2D eigenvalue weighted by Gasteiger charge is -2.12. The molecule has 2 aromatic carbocycles. The molecule has 0 unspecified atom stereocenters. The van der Waals surface area contributed by atoms with Crippen LogP contribution in [0.5, 0.6) is 5.75 Å². The van der Waals surface area contributed by atoms with Crippen molar-refractivity contribution in [1.82, 2.24) is 0 Å². The Bertz CT molecular complexity index is 801. The average Bonchev–Trinajstić information content (AvgIpc) is 2.61. The van der Waals surface area contributed by atoms with Crippen molar-refractivity contribution in [2.24, 2.45) is 0 Å². The van der Waals surface area contributed by atoms with Crippen LogP contribution >= 0.6 is 0 Å².